The number of hydrogen-bond acceptors (Lipinski definition) is 3. The van der Waals surface area contributed by atoms with Gasteiger partial charge in [-0.25, -0.2) is 0 Å². The molecule has 0 bridgehead atoms. The molecule has 1 aromatic rings. The monoisotopic (exact) mass is 134 g/mol. The molecule has 8 heavy (non-hydrogen) atoms. The molecule has 0 fully saturated rings. The van der Waals surface area contributed by atoms with E-state index < -0.39 is 0 Å². The normalized spacial score (nSPS) is 7.50. The largest absolute Gasteiger partial charge is 1.00 e. The molecule has 0 saturated carbocycles. The van der Waals surface area contributed by atoms with E-state index in [4.69, 9.17) is 0 Å². The Morgan fingerprint density at radius 1 is 1.38 bits per heavy atom. The first-order valence-corrected chi connectivity index (χ1v) is 1.83. The summed E-state index contributed by atoms with van der Waals surface area (Å²) in [5.41, 5.74) is 0. The average Bonchev–Trinajstić information content (AvgIpc) is 1.69. The predicted octanol–water partition coefficient (Wildman–Crippen LogP) is -3.45. The molecule has 0 spiro atoms. The fraction of sp³-hybridized carbons (Fsp3) is 0. The number of rotatable bonds is 0. The van der Waals surface area contributed by atoms with Gasteiger partial charge >= 0.3 is 51.4 Å². The van der Waals surface area contributed by atoms with Crippen molar-refractivity contribution in [3.05, 3.63) is 18.5 Å². The SMILES string of the molecule is [K+].[O-]c1ccnnc1. The van der Waals surface area contributed by atoms with Gasteiger partial charge in [0.05, 0.1) is 0 Å². The van der Waals surface area contributed by atoms with Crippen LogP contribution in [0.2, 0.25) is 0 Å². The number of aromatic nitrogens is 2. The van der Waals surface area contributed by atoms with Gasteiger partial charge in [-0.2, -0.15) is 10.2 Å². The third-order valence-electron chi connectivity index (χ3n) is 0.557. The molecular formula is C4H3KN2O. The Hall–Kier alpha value is 0.516. The number of nitrogens with zero attached hydrogens (tertiary/aromatic N) is 2. The molecule has 1 rings (SSSR count). The molecule has 0 atom stereocenters. The smallest absolute Gasteiger partial charge is 0.871 e. The second-order valence-electron chi connectivity index (χ2n) is 1.08. The van der Waals surface area contributed by atoms with Crippen LogP contribution in [0.3, 0.4) is 0 Å². The Kier molecular flexibility index (Phi) is 4.68. The fourth-order valence-corrected chi connectivity index (χ4v) is 0.279. The Bertz CT molecular complexity index is 144. The summed E-state index contributed by atoms with van der Waals surface area (Å²) in [4.78, 5) is 0. The van der Waals surface area contributed by atoms with Crippen molar-refractivity contribution in [2.75, 3.05) is 0 Å². The zero-order chi connectivity index (χ0) is 5.11. The maximum atomic E-state index is 10.2. The molecule has 0 amide bonds. The van der Waals surface area contributed by atoms with Crippen LogP contribution < -0.4 is 56.5 Å². The van der Waals surface area contributed by atoms with E-state index in [9.17, 15) is 5.11 Å². The fourth-order valence-electron chi connectivity index (χ4n) is 0.279. The Morgan fingerprint density at radius 2 is 2.12 bits per heavy atom. The van der Waals surface area contributed by atoms with E-state index in [1.54, 1.807) is 0 Å². The predicted molar refractivity (Wildman–Crippen MR) is 21.5 cm³/mol. The van der Waals surface area contributed by atoms with E-state index in [1.165, 1.54) is 18.5 Å². The molecular weight excluding hydrogens is 131 g/mol. The Labute approximate surface area is 89.6 Å². The van der Waals surface area contributed by atoms with E-state index in [1.807, 2.05) is 0 Å². The van der Waals surface area contributed by atoms with Crippen LogP contribution >= 0.6 is 0 Å². The van der Waals surface area contributed by atoms with Crippen LogP contribution in [-0.2, 0) is 0 Å². The van der Waals surface area contributed by atoms with Crippen molar-refractivity contribution < 1.29 is 56.5 Å². The summed E-state index contributed by atoms with van der Waals surface area (Å²) >= 11 is 0. The first-order valence-electron chi connectivity index (χ1n) is 1.83. The third-order valence-corrected chi connectivity index (χ3v) is 0.557. The minimum absolute atomic E-state index is 0. The number of hydrogen-bond donors (Lipinski definition) is 0. The van der Waals surface area contributed by atoms with Gasteiger partial charge in [-0.15, -0.1) is 0 Å². The summed E-state index contributed by atoms with van der Waals surface area (Å²) in [5, 5.41) is 16.9. The zero-order valence-corrected chi connectivity index (χ0v) is 7.66. The molecule has 0 aliphatic heterocycles. The second kappa shape index (κ2) is 4.40. The van der Waals surface area contributed by atoms with Crippen LogP contribution in [0, 0.1) is 0 Å². The van der Waals surface area contributed by atoms with Gasteiger partial charge < -0.3 is 5.11 Å². The molecule has 0 saturated heterocycles. The molecule has 3 nitrogen and oxygen atoms in total. The van der Waals surface area contributed by atoms with Gasteiger partial charge in [-0.05, 0) is 6.07 Å². The molecule has 0 aliphatic rings. The summed E-state index contributed by atoms with van der Waals surface area (Å²) in [6, 6.07) is 1.35. The van der Waals surface area contributed by atoms with E-state index in [2.05, 4.69) is 10.2 Å². The topological polar surface area (TPSA) is 48.8 Å². The maximum Gasteiger partial charge on any atom is 1.00 e. The van der Waals surface area contributed by atoms with Crippen molar-refractivity contribution in [1.29, 1.82) is 0 Å². The summed E-state index contributed by atoms with van der Waals surface area (Å²) in [5.74, 6) is -0.102. The van der Waals surface area contributed by atoms with E-state index in [0.29, 0.717) is 0 Å². The van der Waals surface area contributed by atoms with E-state index in [0.717, 1.165) is 0 Å². The van der Waals surface area contributed by atoms with Crippen molar-refractivity contribution in [2.45, 2.75) is 0 Å². The first kappa shape index (κ1) is 8.52. The Balaban J connectivity index is 0.000000490. The van der Waals surface area contributed by atoms with Crippen LogP contribution in [0.25, 0.3) is 0 Å². The second-order valence-corrected chi connectivity index (χ2v) is 1.08. The van der Waals surface area contributed by atoms with Crippen molar-refractivity contribution in [3.8, 4) is 5.75 Å². The van der Waals surface area contributed by atoms with Crippen LogP contribution in [0.1, 0.15) is 0 Å². The van der Waals surface area contributed by atoms with Gasteiger partial charge in [-0.1, -0.05) is 5.75 Å². The third kappa shape index (κ3) is 2.73. The summed E-state index contributed by atoms with van der Waals surface area (Å²) in [6.07, 6.45) is 2.53. The maximum absolute atomic E-state index is 10.2. The van der Waals surface area contributed by atoms with Gasteiger partial charge in [0.2, 0.25) is 0 Å². The molecule has 1 heterocycles. The van der Waals surface area contributed by atoms with Crippen molar-refractivity contribution in [2.24, 2.45) is 0 Å². The van der Waals surface area contributed by atoms with Crippen molar-refractivity contribution >= 4 is 0 Å². The first-order chi connectivity index (χ1) is 3.39. The standard InChI is InChI=1S/C4H4N2O.K/c7-4-1-2-5-6-3-4;/h1-3H,(H,5,7);/q;+1/p-1. The zero-order valence-electron chi connectivity index (χ0n) is 4.53. The van der Waals surface area contributed by atoms with Crippen LogP contribution in [0.4, 0.5) is 0 Å². The summed E-state index contributed by atoms with van der Waals surface area (Å²) < 4.78 is 0. The molecule has 1 aromatic heterocycles. The van der Waals surface area contributed by atoms with Gasteiger partial charge in [0, 0.05) is 12.4 Å². The van der Waals surface area contributed by atoms with Gasteiger partial charge in [0.1, 0.15) is 0 Å². The molecule has 0 radical (unpaired) electrons. The minimum atomic E-state index is -0.102. The minimum Gasteiger partial charge on any atom is -0.871 e. The summed E-state index contributed by atoms with van der Waals surface area (Å²) in [6.45, 7) is 0. The van der Waals surface area contributed by atoms with E-state index >= 15 is 0 Å². The molecule has 0 unspecified atom stereocenters. The average molecular weight is 134 g/mol. The molecule has 0 aromatic carbocycles. The molecule has 0 N–H and O–H groups in total. The van der Waals surface area contributed by atoms with Crippen LogP contribution in [-0.4, -0.2) is 10.2 Å². The summed E-state index contributed by atoms with van der Waals surface area (Å²) in [7, 11) is 0. The molecule has 0 aliphatic carbocycles. The molecule has 36 valence electrons. The van der Waals surface area contributed by atoms with Gasteiger partial charge in [-0.3, -0.25) is 0 Å². The quantitative estimate of drug-likeness (QED) is 0.347. The van der Waals surface area contributed by atoms with Gasteiger partial charge in [0.25, 0.3) is 0 Å². The van der Waals surface area contributed by atoms with E-state index in [-0.39, 0.29) is 57.1 Å². The van der Waals surface area contributed by atoms with Gasteiger partial charge in [0.15, 0.2) is 0 Å². The van der Waals surface area contributed by atoms with Crippen molar-refractivity contribution in [3.63, 3.8) is 0 Å². The van der Waals surface area contributed by atoms with Crippen LogP contribution in [0.5, 0.6) is 5.75 Å². The van der Waals surface area contributed by atoms with Crippen LogP contribution in [0.15, 0.2) is 18.5 Å². The molecule has 4 heteroatoms. The Morgan fingerprint density at radius 3 is 2.38 bits per heavy atom. The van der Waals surface area contributed by atoms with Crippen molar-refractivity contribution in [1.82, 2.24) is 10.2 Å².